The molecule has 72 heavy (non-hydrogen) atoms. The van der Waals surface area contributed by atoms with Crippen molar-refractivity contribution in [2.24, 2.45) is 0 Å². The molecule has 0 radical (unpaired) electrons. The van der Waals surface area contributed by atoms with Gasteiger partial charge in [-0.1, -0.05) is 187 Å². The molecule has 0 N–H and O–H groups in total. The molecule has 0 aliphatic carbocycles. The predicted molar refractivity (Wildman–Crippen MR) is 302 cm³/mol. The number of para-hydroxylation sites is 3. The highest BCUT2D eigenvalue weighted by molar-refractivity contribution is 6.13. The Morgan fingerprint density at radius 2 is 0.708 bits per heavy atom. The second-order valence-corrected chi connectivity index (χ2v) is 19.2. The highest BCUT2D eigenvalue weighted by atomic mass is 15.0. The molecule has 3 heterocycles. The second-order valence-electron chi connectivity index (χ2n) is 19.2. The van der Waals surface area contributed by atoms with E-state index in [9.17, 15) is 0 Å². The van der Waals surface area contributed by atoms with Crippen molar-refractivity contribution < 1.29 is 0 Å². The normalized spacial score (nSPS) is 11.6. The Morgan fingerprint density at radius 3 is 1.25 bits per heavy atom. The van der Waals surface area contributed by atoms with Crippen molar-refractivity contribution in [3.8, 4) is 78.7 Å². The van der Waals surface area contributed by atoms with E-state index in [1.165, 1.54) is 77.1 Å². The monoisotopic (exact) mass is 922 g/mol. The first kappa shape index (κ1) is 42.9. The number of hydrogen-bond acceptors (Lipinski definition) is 2. The zero-order valence-corrected chi connectivity index (χ0v) is 40.7. The van der Waals surface area contributed by atoms with Crippen LogP contribution in [-0.2, 0) is 0 Å². The molecule has 0 fully saturated rings. The summed E-state index contributed by atoms with van der Waals surface area (Å²) in [6.07, 6.45) is 0. The molecule has 0 atom stereocenters. The van der Waals surface area contributed by atoms with Crippen molar-refractivity contribution in [2.75, 3.05) is 0 Å². The van der Waals surface area contributed by atoms with Crippen molar-refractivity contribution in [2.45, 2.75) is 27.7 Å². The summed E-state index contributed by atoms with van der Waals surface area (Å²) in [7, 11) is 0. The van der Waals surface area contributed by atoms with E-state index in [0.29, 0.717) is 5.82 Å². The largest absolute Gasteiger partial charge is 0.309 e. The van der Waals surface area contributed by atoms with Crippen LogP contribution in [0, 0.1) is 27.7 Å². The third-order valence-corrected chi connectivity index (χ3v) is 14.5. The number of fused-ring (bicyclic) bond motifs is 6. The van der Waals surface area contributed by atoms with Crippen LogP contribution in [0.4, 0.5) is 0 Å². The number of aromatic nitrogens is 4. The molecular formula is C68H50N4. The van der Waals surface area contributed by atoms with Crippen LogP contribution in [0.3, 0.4) is 0 Å². The van der Waals surface area contributed by atoms with Gasteiger partial charge in [0.05, 0.1) is 44.8 Å². The second kappa shape index (κ2) is 17.4. The smallest absolute Gasteiger partial charge is 0.160 e. The van der Waals surface area contributed by atoms with Crippen molar-refractivity contribution in [1.82, 2.24) is 19.1 Å². The van der Waals surface area contributed by atoms with Crippen LogP contribution in [0.2, 0.25) is 0 Å². The Hall–Kier alpha value is -9.12. The van der Waals surface area contributed by atoms with Crippen LogP contribution in [0.15, 0.2) is 231 Å². The first-order valence-corrected chi connectivity index (χ1v) is 24.8. The summed E-state index contributed by atoms with van der Waals surface area (Å²) in [5, 5.41) is 4.83. The number of benzene rings is 10. The lowest BCUT2D eigenvalue weighted by atomic mass is 9.95. The van der Waals surface area contributed by atoms with Crippen LogP contribution in [0.1, 0.15) is 22.3 Å². The predicted octanol–water partition coefficient (Wildman–Crippen LogP) is 17.9. The quantitative estimate of drug-likeness (QED) is 0.152. The standard InChI is InChI=1S/C68H50N4/c1-43-27-32-52(45(3)37-43)49-30-35-65-58(39-49)59-40-50(53-33-28-44(2)38-46(53)4)31-36-66(59)72(65)67-41-51(68-69-60(47-17-7-5-8-18-47)42-61(70-68)48-19-9-6-10-20-48)29-34-57(67)56-23-13-16-26-64(56)71-62-24-14-11-21-54(62)55-22-12-15-25-63(55)71/h5-42H,1-4H3. The lowest BCUT2D eigenvalue weighted by molar-refractivity contribution is 1.15. The fraction of sp³-hybridized carbons (Fsp3) is 0.0588. The minimum absolute atomic E-state index is 0.661. The average molecular weight is 923 g/mol. The van der Waals surface area contributed by atoms with E-state index in [-0.39, 0.29) is 0 Å². The molecule has 0 aliphatic heterocycles. The number of nitrogens with zero attached hydrogens (tertiary/aromatic N) is 4. The molecule has 0 bridgehead atoms. The van der Waals surface area contributed by atoms with E-state index < -0.39 is 0 Å². The summed E-state index contributed by atoms with van der Waals surface area (Å²) >= 11 is 0. The number of hydrogen-bond donors (Lipinski definition) is 0. The van der Waals surface area contributed by atoms with Gasteiger partial charge in [0.1, 0.15) is 0 Å². The fourth-order valence-corrected chi connectivity index (χ4v) is 11.1. The van der Waals surface area contributed by atoms with E-state index in [0.717, 1.165) is 61.6 Å². The summed E-state index contributed by atoms with van der Waals surface area (Å²) in [5.41, 5.74) is 23.6. The third kappa shape index (κ3) is 7.30. The van der Waals surface area contributed by atoms with Gasteiger partial charge in [0.2, 0.25) is 0 Å². The Bertz CT molecular complexity index is 4030. The topological polar surface area (TPSA) is 35.6 Å². The highest BCUT2D eigenvalue weighted by Gasteiger charge is 2.23. The Morgan fingerprint density at radius 1 is 0.278 bits per heavy atom. The summed E-state index contributed by atoms with van der Waals surface area (Å²) in [5.74, 6) is 0.661. The Balaban J connectivity index is 1.12. The highest BCUT2D eigenvalue weighted by Crippen LogP contribution is 2.44. The molecule has 4 nitrogen and oxygen atoms in total. The van der Waals surface area contributed by atoms with Gasteiger partial charge in [-0.25, -0.2) is 9.97 Å². The summed E-state index contributed by atoms with van der Waals surface area (Å²) in [6.45, 7) is 8.77. The number of rotatable bonds is 8. The number of aryl methyl sites for hydroxylation is 4. The molecule has 3 aromatic heterocycles. The Labute approximate surface area is 419 Å². The van der Waals surface area contributed by atoms with Gasteiger partial charge in [-0.2, -0.15) is 0 Å². The summed E-state index contributed by atoms with van der Waals surface area (Å²) in [4.78, 5) is 10.7. The van der Waals surface area contributed by atoms with E-state index in [1.54, 1.807) is 0 Å². The van der Waals surface area contributed by atoms with Crippen LogP contribution in [-0.4, -0.2) is 19.1 Å². The third-order valence-electron chi connectivity index (χ3n) is 14.5. The van der Waals surface area contributed by atoms with E-state index in [2.05, 4.69) is 255 Å². The molecule has 0 amide bonds. The first-order chi connectivity index (χ1) is 35.3. The molecule has 0 spiro atoms. The summed E-state index contributed by atoms with van der Waals surface area (Å²) < 4.78 is 4.93. The van der Waals surface area contributed by atoms with E-state index in [4.69, 9.17) is 9.97 Å². The lowest BCUT2D eigenvalue weighted by Crippen LogP contribution is -2.03. The zero-order valence-electron chi connectivity index (χ0n) is 40.7. The SMILES string of the molecule is Cc1ccc(-c2ccc3c(c2)c2cc(-c4ccc(C)cc4C)ccc2n3-c2cc(-c3nc(-c4ccccc4)cc(-c4ccccc4)n3)ccc2-c2ccccc2-n2c3ccccc3c3ccccc32)c(C)c1. The lowest BCUT2D eigenvalue weighted by Gasteiger charge is -2.20. The maximum atomic E-state index is 5.37. The van der Waals surface area contributed by atoms with E-state index in [1.807, 2.05) is 12.1 Å². The van der Waals surface area contributed by atoms with Crippen molar-refractivity contribution in [3.05, 3.63) is 253 Å². The summed E-state index contributed by atoms with van der Waals surface area (Å²) in [6, 6.07) is 83.8. The first-order valence-electron chi connectivity index (χ1n) is 24.8. The van der Waals surface area contributed by atoms with Crippen molar-refractivity contribution in [3.63, 3.8) is 0 Å². The van der Waals surface area contributed by atoms with Gasteiger partial charge in [0.15, 0.2) is 5.82 Å². The molecule has 13 aromatic rings. The molecule has 0 saturated heterocycles. The van der Waals surface area contributed by atoms with Crippen LogP contribution >= 0.6 is 0 Å². The molecule has 10 aromatic carbocycles. The van der Waals surface area contributed by atoms with Gasteiger partial charge in [0, 0.05) is 49.4 Å². The minimum Gasteiger partial charge on any atom is -0.309 e. The van der Waals surface area contributed by atoms with Gasteiger partial charge in [0.25, 0.3) is 0 Å². The van der Waals surface area contributed by atoms with Crippen LogP contribution < -0.4 is 0 Å². The minimum atomic E-state index is 0.661. The van der Waals surface area contributed by atoms with Gasteiger partial charge in [-0.15, -0.1) is 0 Å². The van der Waals surface area contributed by atoms with Crippen molar-refractivity contribution >= 4 is 43.6 Å². The van der Waals surface area contributed by atoms with E-state index >= 15 is 0 Å². The average Bonchev–Trinajstić information content (AvgIpc) is 3.93. The molecule has 342 valence electrons. The van der Waals surface area contributed by atoms with Crippen LogP contribution in [0.5, 0.6) is 0 Å². The maximum absolute atomic E-state index is 5.37. The van der Waals surface area contributed by atoms with Gasteiger partial charge >= 0.3 is 0 Å². The maximum Gasteiger partial charge on any atom is 0.160 e. The molecular weight excluding hydrogens is 873 g/mol. The van der Waals surface area contributed by atoms with Gasteiger partial charge in [-0.3, -0.25) is 0 Å². The molecule has 13 rings (SSSR count). The molecule has 0 unspecified atom stereocenters. The molecule has 0 aliphatic rings. The van der Waals surface area contributed by atoms with Crippen molar-refractivity contribution in [1.29, 1.82) is 0 Å². The van der Waals surface area contributed by atoms with Gasteiger partial charge in [-0.05, 0) is 116 Å². The molecule has 4 heteroatoms. The van der Waals surface area contributed by atoms with Crippen LogP contribution in [0.25, 0.3) is 122 Å². The fourth-order valence-electron chi connectivity index (χ4n) is 11.1. The molecule has 0 saturated carbocycles. The van der Waals surface area contributed by atoms with Gasteiger partial charge < -0.3 is 9.13 Å². The zero-order chi connectivity index (χ0) is 48.5. The Kier molecular flexibility index (Phi) is 10.4.